The van der Waals surface area contributed by atoms with Crippen LogP contribution in [0.3, 0.4) is 0 Å². The van der Waals surface area contributed by atoms with Crippen LogP contribution in [0.4, 0.5) is 0 Å². The molecule has 0 amide bonds. The first-order chi connectivity index (χ1) is 6.76. The van der Waals surface area contributed by atoms with Crippen LogP contribution in [0.25, 0.3) is 0 Å². The smallest absolute Gasteiger partial charge is 0.252 e. The minimum Gasteiger partial charge on any atom is -0.326 e. The molecule has 0 spiro atoms. The largest absolute Gasteiger partial charge is 0.326 e. The zero-order chi connectivity index (χ0) is 10.1. The Morgan fingerprint density at radius 1 is 1.64 bits per heavy atom. The molecule has 1 heterocycles. The van der Waals surface area contributed by atoms with Gasteiger partial charge in [0.05, 0.1) is 0 Å². The molecule has 1 aliphatic carbocycles. The monoisotopic (exact) mass is 192 g/mol. The Morgan fingerprint density at radius 3 is 3.07 bits per heavy atom. The molecule has 0 saturated carbocycles. The number of hydrogen-bond donors (Lipinski definition) is 2. The van der Waals surface area contributed by atoms with E-state index in [1.165, 1.54) is 5.56 Å². The van der Waals surface area contributed by atoms with Gasteiger partial charge in [-0.2, -0.15) is 0 Å². The minimum absolute atomic E-state index is 0.00778. The van der Waals surface area contributed by atoms with Gasteiger partial charge in [-0.05, 0) is 36.8 Å². The number of aryl methyl sites for hydroxylation is 1. The summed E-state index contributed by atoms with van der Waals surface area (Å²) in [6, 6.07) is 1.98. The fourth-order valence-corrected chi connectivity index (χ4v) is 2.24. The molecule has 0 radical (unpaired) electrons. The number of aromatic nitrogens is 1. The highest BCUT2D eigenvalue weighted by molar-refractivity contribution is 5.32. The maximum absolute atomic E-state index is 11.5. The molecule has 0 saturated heterocycles. The number of nitrogens with two attached hydrogens (primary N) is 1. The van der Waals surface area contributed by atoms with Gasteiger partial charge in [0.2, 0.25) is 0 Å². The van der Waals surface area contributed by atoms with Gasteiger partial charge in [0.15, 0.2) is 0 Å². The molecule has 0 aliphatic heterocycles. The highest BCUT2D eigenvalue weighted by Gasteiger charge is 2.22. The molecule has 0 bridgehead atoms. The number of fused-ring (bicyclic) bond motifs is 1. The molecule has 3 nitrogen and oxygen atoms in total. The zero-order valence-corrected chi connectivity index (χ0v) is 8.47. The van der Waals surface area contributed by atoms with Crippen LogP contribution in [0.15, 0.2) is 10.9 Å². The molecule has 1 aliphatic rings. The second-order valence-corrected chi connectivity index (χ2v) is 3.91. The highest BCUT2D eigenvalue weighted by atomic mass is 16.1. The van der Waals surface area contributed by atoms with Crippen LogP contribution in [0.2, 0.25) is 0 Å². The summed E-state index contributed by atoms with van der Waals surface area (Å²) in [5.74, 6) is 0.546. The van der Waals surface area contributed by atoms with E-state index in [9.17, 15) is 4.79 Å². The van der Waals surface area contributed by atoms with E-state index in [2.05, 4.69) is 11.9 Å². The topological polar surface area (TPSA) is 58.9 Å². The third-order valence-electron chi connectivity index (χ3n) is 3.12. The predicted octanol–water partition coefficient (Wildman–Crippen LogP) is 1.27. The molecular formula is C11H16N2O. The van der Waals surface area contributed by atoms with Gasteiger partial charge in [0.25, 0.3) is 5.56 Å². The fraction of sp³-hybridized carbons (Fsp3) is 0.545. The maximum Gasteiger partial charge on any atom is 0.252 e. The lowest BCUT2D eigenvalue weighted by atomic mass is 10.0. The second kappa shape index (κ2) is 3.58. The van der Waals surface area contributed by atoms with E-state index >= 15 is 0 Å². The Hall–Kier alpha value is -1.09. The molecule has 1 atom stereocenters. The van der Waals surface area contributed by atoms with Gasteiger partial charge in [-0.15, -0.1) is 0 Å². The summed E-state index contributed by atoms with van der Waals surface area (Å²) >= 11 is 0. The number of H-pyrrole nitrogens is 1. The number of rotatable bonds is 2. The summed E-state index contributed by atoms with van der Waals surface area (Å²) in [6.45, 7) is 2.49. The van der Waals surface area contributed by atoms with Gasteiger partial charge in [0, 0.05) is 17.8 Å². The molecule has 1 aromatic heterocycles. The Kier molecular flexibility index (Phi) is 2.42. The molecular weight excluding hydrogens is 176 g/mol. The molecule has 2 rings (SSSR count). The summed E-state index contributed by atoms with van der Waals surface area (Å²) in [5.41, 5.74) is 8.63. The van der Waals surface area contributed by atoms with E-state index < -0.39 is 0 Å². The average molecular weight is 192 g/mol. The van der Waals surface area contributed by atoms with E-state index in [1.807, 2.05) is 6.07 Å². The molecule has 0 aromatic carbocycles. The molecule has 3 heteroatoms. The SMILES string of the molecule is CCC1CCc2cc(CN)c(=O)[nH]c21. The van der Waals surface area contributed by atoms with Gasteiger partial charge >= 0.3 is 0 Å². The summed E-state index contributed by atoms with van der Waals surface area (Å²) in [7, 11) is 0. The quantitative estimate of drug-likeness (QED) is 0.741. The van der Waals surface area contributed by atoms with E-state index in [4.69, 9.17) is 5.73 Å². The van der Waals surface area contributed by atoms with Crippen LogP contribution in [0.5, 0.6) is 0 Å². The fourth-order valence-electron chi connectivity index (χ4n) is 2.24. The molecule has 1 unspecified atom stereocenters. The Morgan fingerprint density at radius 2 is 2.43 bits per heavy atom. The lowest BCUT2D eigenvalue weighted by molar-refractivity contribution is 0.641. The van der Waals surface area contributed by atoms with Crippen molar-refractivity contribution in [2.45, 2.75) is 38.6 Å². The minimum atomic E-state index is -0.00778. The summed E-state index contributed by atoms with van der Waals surface area (Å²) in [5, 5.41) is 0. The Labute approximate surface area is 83.3 Å². The van der Waals surface area contributed by atoms with Crippen molar-refractivity contribution in [3.63, 3.8) is 0 Å². The second-order valence-electron chi connectivity index (χ2n) is 3.91. The summed E-state index contributed by atoms with van der Waals surface area (Å²) in [4.78, 5) is 14.5. The normalized spacial score (nSPS) is 19.7. The van der Waals surface area contributed by atoms with Crippen molar-refractivity contribution in [3.8, 4) is 0 Å². The number of pyridine rings is 1. The maximum atomic E-state index is 11.5. The lowest BCUT2D eigenvalue weighted by Crippen LogP contribution is -2.18. The number of hydrogen-bond acceptors (Lipinski definition) is 2. The average Bonchev–Trinajstić information content (AvgIpc) is 2.58. The third kappa shape index (κ3) is 1.38. The lowest BCUT2D eigenvalue weighted by Gasteiger charge is -2.08. The molecule has 0 fully saturated rings. The molecule has 3 N–H and O–H groups in total. The van der Waals surface area contributed by atoms with Crippen molar-refractivity contribution in [2.75, 3.05) is 0 Å². The van der Waals surface area contributed by atoms with Crippen molar-refractivity contribution in [1.29, 1.82) is 0 Å². The van der Waals surface area contributed by atoms with E-state index in [1.54, 1.807) is 0 Å². The number of nitrogens with one attached hydrogen (secondary N) is 1. The molecule has 76 valence electrons. The first-order valence-corrected chi connectivity index (χ1v) is 5.21. The van der Waals surface area contributed by atoms with Gasteiger partial charge in [-0.1, -0.05) is 6.92 Å². The van der Waals surface area contributed by atoms with Crippen LogP contribution in [-0.4, -0.2) is 4.98 Å². The Bertz CT molecular complexity index is 395. The predicted molar refractivity (Wildman–Crippen MR) is 56.3 cm³/mol. The van der Waals surface area contributed by atoms with Crippen LogP contribution in [-0.2, 0) is 13.0 Å². The van der Waals surface area contributed by atoms with Gasteiger partial charge < -0.3 is 10.7 Å². The van der Waals surface area contributed by atoms with E-state index in [0.29, 0.717) is 18.0 Å². The van der Waals surface area contributed by atoms with Gasteiger partial charge in [-0.3, -0.25) is 4.79 Å². The highest BCUT2D eigenvalue weighted by Crippen LogP contribution is 2.32. The van der Waals surface area contributed by atoms with Gasteiger partial charge in [-0.25, -0.2) is 0 Å². The van der Waals surface area contributed by atoms with Crippen LogP contribution >= 0.6 is 0 Å². The van der Waals surface area contributed by atoms with Crippen molar-refractivity contribution in [2.24, 2.45) is 5.73 Å². The molecule has 1 aromatic rings. The van der Waals surface area contributed by atoms with Crippen LogP contribution in [0, 0.1) is 0 Å². The zero-order valence-electron chi connectivity index (χ0n) is 8.47. The van der Waals surface area contributed by atoms with Crippen molar-refractivity contribution in [3.05, 3.63) is 33.2 Å². The first-order valence-electron chi connectivity index (χ1n) is 5.21. The van der Waals surface area contributed by atoms with Crippen molar-refractivity contribution in [1.82, 2.24) is 4.98 Å². The molecule has 14 heavy (non-hydrogen) atoms. The van der Waals surface area contributed by atoms with E-state index in [0.717, 1.165) is 25.0 Å². The van der Waals surface area contributed by atoms with Crippen LogP contribution < -0.4 is 11.3 Å². The Balaban J connectivity index is 2.49. The summed E-state index contributed by atoms with van der Waals surface area (Å²) < 4.78 is 0. The standard InChI is InChI=1S/C11H16N2O/c1-2-7-3-4-8-5-9(6-12)11(14)13-10(7)8/h5,7H,2-4,6,12H2,1H3,(H,13,14). The van der Waals surface area contributed by atoms with Crippen molar-refractivity contribution >= 4 is 0 Å². The third-order valence-corrected chi connectivity index (χ3v) is 3.12. The van der Waals surface area contributed by atoms with E-state index in [-0.39, 0.29) is 5.56 Å². The van der Waals surface area contributed by atoms with Gasteiger partial charge in [0.1, 0.15) is 0 Å². The number of aromatic amines is 1. The van der Waals surface area contributed by atoms with Crippen molar-refractivity contribution < 1.29 is 0 Å². The first kappa shape index (κ1) is 9.46. The van der Waals surface area contributed by atoms with Crippen LogP contribution in [0.1, 0.15) is 42.5 Å². The summed E-state index contributed by atoms with van der Waals surface area (Å²) in [6.07, 6.45) is 3.35.